The summed E-state index contributed by atoms with van der Waals surface area (Å²) in [6.45, 7) is 1.93. The van der Waals surface area contributed by atoms with Gasteiger partial charge in [-0.25, -0.2) is 8.42 Å². The minimum Gasteiger partial charge on any atom is -0.346 e. The van der Waals surface area contributed by atoms with E-state index in [9.17, 15) is 13.2 Å². The van der Waals surface area contributed by atoms with Crippen molar-refractivity contribution >= 4 is 44.8 Å². The molecule has 0 spiro atoms. The second-order valence-corrected chi connectivity index (χ2v) is 9.83. The lowest BCUT2D eigenvalue weighted by Gasteiger charge is -2.23. The summed E-state index contributed by atoms with van der Waals surface area (Å²) in [5.41, 5.74) is 2.43. The molecule has 0 aliphatic rings. The fraction of sp³-hybridized carbons (Fsp3) is 0.174. The number of carbonyl (C=O) groups is 1. The average Bonchev–Trinajstić information content (AvgIpc) is 2.74. The number of halogens is 2. The summed E-state index contributed by atoms with van der Waals surface area (Å²) in [6, 6.07) is 20.9. The van der Waals surface area contributed by atoms with Gasteiger partial charge in [0.05, 0.1) is 34.6 Å². The zero-order valence-electron chi connectivity index (χ0n) is 17.0. The third kappa shape index (κ3) is 5.79. The maximum absolute atomic E-state index is 12.6. The van der Waals surface area contributed by atoms with Crippen LogP contribution in [-0.2, 0) is 16.6 Å². The molecule has 0 unspecified atom stereocenters. The normalized spacial score (nSPS) is 12.3. The Labute approximate surface area is 192 Å². The number of sulfonamides is 1. The highest BCUT2D eigenvalue weighted by Crippen LogP contribution is 2.29. The molecule has 0 saturated carbocycles. The van der Waals surface area contributed by atoms with Crippen LogP contribution in [-0.4, -0.2) is 20.6 Å². The van der Waals surface area contributed by atoms with Crippen molar-refractivity contribution in [2.75, 3.05) is 10.6 Å². The maximum atomic E-state index is 12.6. The largest absolute Gasteiger partial charge is 0.346 e. The summed E-state index contributed by atoms with van der Waals surface area (Å²) in [5, 5.41) is 3.60. The molecule has 1 N–H and O–H groups in total. The molecule has 3 aromatic carbocycles. The highest BCUT2D eigenvalue weighted by Gasteiger charge is 2.20. The van der Waals surface area contributed by atoms with E-state index in [4.69, 9.17) is 23.2 Å². The Hall–Kier alpha value is -2.54. The van der Waals surface area contributed by atoms with Gasteiger partial charge in [-0.2, -0.15) is 0 Å². The standard InChI is InChI=1S/C23H22Cl2N2O3S/c1-16(17-7-4-3-5-8-17)26-23(28)18-11-13-20(14-12-18)27(31(2,29)30)15-19-9-6-10-21(24)22(19)25/h3-14,16H,15H2,1-2H3,(H,26,28)/t16-/m0/s1. The van der Waals surface area contributed by atoms with E-state index < -0.39 is 10.0 Å². The van der Waals surface area contributed by atoms with Crippen LogP contribution in [0.15, 0.2) is 72.8 Å². The second kappa shape index (κ2) is 9.73. The topological polar surface area (TPSA) is 66.5 Å². The lowest BCUT2D eigenvalue weighted by molar-refractivity contribution is 0.0940. The first kappa shape index (κ1) is 23.1. The number of amides is 1. The molecule has 0 heterocycles. The molecule has 3 aromatic rings. The van der Waals surface area contributed by atoms with Crippen LogP contribution in [0.1, 0.15) is 34.5 Å². The van der Waals surface area contributed by atoms with Crippen LogP contribution >= 0.6 is 23.2 Å². The summed E-state index contributed by atoms with van der Waals surface area (Å²) in [5.74, 6) is -0.244. The van der Waals surface area contributed by atoms with Crippen molar-refractivity contribution in [2.45, 2.75) is 19.5 Å². The monoisotopic (exact) mass is 476 g/mol. The van der Waals surface area contributed by atoms with Gasteiger partial charge in [0, 0.05) is 5.56 Å². The molecule has 0 aliphatic carbocycles. The van der Waals surface area contributed by atoms with E-state index in [1.54, 1.807) is 42.5 Å². The van der Waals surface area contributed by atoms with Crippen LogP contribution in [0.3, 0.4) is 0 Å². The third-order valence-electron chi connectivity index (χ3n) is 4.81. The molecule has 0 saturated heterocycles. The van der Waals surface area contributed by atoms with Crippen molar-refractivity contribution in [3.8, 4) is 0 Å². The second-order valence-electron chi connectivity index (χ2n) is 7.14. The zero-order chi connectivity index (χ0) is 22.6. The molecule has 162 valence electrons. The van der Waals surface area contributed by atoms with Crippen LogP contribution in [0, 0.1) is 0 Å². The quantitative estimate of drug-likeness (QED) is 0.492. The number of benzene rings is 3. The summed E-state index contributed by atoms with van der Waals surface area (Å²) in [6.07, 6.45) is 1.12. The molecule has 31 heavy (non-hydrogen) atoms. The molecule has 0 aliphatic heterocycles. The molecular weight excluding hydrogens is 455 g/mol. The van der Waals surface area contributed by atoms with Gasteiger partial charge in [-0.15, -0.1) is 0 Å². The molecule has 0 bridgehead atoms. The summed E-state index contributed by atoms with van der Waals surface area (Å²) >= 11 is 12.3. The summed E-state index contributed by atoms with van der Waals surface area (Å²) < 4.78 is 26.1. The van der Waals surface area contributed by atoms with E-state index in [1.807, 2.05) is 37.3 Å². The molecule has 1 atom stereocenters. The van der Waals surface area contributed by atoms with Crippen molar-refractivity contribution in [1.82, 2.24) is 5.32 Å². The molecule has 0 radical (unpaired) electrons. The van der Waals surface area contributed by atoms with Gasteiger partial charge in [0.15, 0.2) is 0 Å². The Morgan fingerprint density at radius 3 is 2.23 bits per heavy atom. The Bertz CT molecular complexity index is 1170. The number of carbonyl (C=O) groups excluding carboxylic acids is 1. The summed E-state index contributed by atoms with van der Waals surface area (Å²) in [4.78, 5) is 12.6. The van der Waals surface area contributed by atoms with Crippen LogP contribution < -0.4 is 9.62 Å². The smallest absolute Gasteiger partial charge is 0.251 e. The van der Waals surface area contributed by atoms with Crippen molar-refractivity contribution in [3.63, 3.8) is 0 Å². The number of anilines is 1. The molecule has 5 nitrogen and oxygen atoms in total. The number of nitrogens with zero attached hydrogens (tertiary/aromatic N) is 1. The van der Waals surface area contributed by atoms with Crippen LogP contribution in [0.4, 0.5) is 5.69 Å². The fourth-order valence-corrected chi connectivity index (χ4v) is 4.37. The van der Waals surface area contributed by atoms with Crippen LogP contribution in [0.2, 0.25) is 10.0 Å². The summed E-state index contributed by atoms with van der Waals surface area (Å²) in [7, 11) is -3.60. The van der Waals surface area contributed by atoms with Gasteiger partial charge in [0.25, 0.3) is 5.91 Å². The Kier molecular flexibility index (Phi) is 7.26. The van der Waals surface area contributed by atoms with Crippen LogP contribution in [0.25, 0.3) is 0 Å². The van der Waals surface area contributed by atoms with Gasteiger partial charge in [-0.05, 0) is 48.4 Å². The SMILES string of the molecule is C[C@H](NC(=O)c1ccc(N(Cc2cccc(Cl)c2Cl)S(C)(=O)=O)cc1)c1ccccc1. The fourth-order valence-electron chi connectivity index (χ4n) is 3.11. The highest BCUT2D eigenvalue weighted by atomic mass is 35.5. The minimum absolute atomic E-state index is 0.0226. The predicted octanol–water partition coefficient (Wildman–Crippen LogP) is 5.45. The molecule has 3 rings (SSSR count). The Morgan fingerprint density at radius 2 is 1.61 bits per heavy atom. The zero-order valence-corrected chi connectivity index (χ0v) is 19.4. The predicted molar refractivity (Wildman–Crippen MR) is 126 cm³/mol. The third-order valence-corrected chi connectivity index (χ3v) is 6.81. The first-order valence-corrected chi connectivity index (χ1v) is 12.1. The number of hydrogen-bond acceptors (Lipinski definition) is 3. The average molecular weight is 477 g/mol. The number of hydrogen-bond donors (Lipinski definition) is 1. The van der Waals surface area contributed by atoms with E-state index in [0.29, 0.717) is 26.9 Å². The van der Waals surface area contributed by atoms with Gasteiger partial charge in [-0.3, -0.25) is 9.10 Å². The van der Waals surface area contributed by atoms with Crippen LogP contribution in [0.5, 0.6) is 0 Å². The molecular formula is C23H22Cl2N2O3S. The Morgan fingerprint density at radius 1 is 0.968 bits per heavy atom. The lowest BCUT2D eigenvalue weighted by atomic mass is 10.1. The van der Waals surface area contributed by atoms with Crippen molar-refractivity contribution in [1.29, 1.82) is 0 Å². The first-order valence-electron chi connectivity index (χ1n) is 9.53. The van der Waals surface area contributed by atoms with E-state index in [1.165, 1.54) is 4.31 Å². The maximum Gasteiger partial charge on any atom is 0.251 e. The van der Waals surface area contributed by atoms with Gasteiger partial charge in [0.2, 0.25) is 10.0 Å². The van der Waals surface area contributed by atoms with E-state index in [-0.39, 0.29) is 18.5 Å². The first-order chi connectivity index (χ1) is 14.7. The number of rotatable bonds is 7. The molecule has 8 heteroatoms. The van der Waals surface area contributed by atoms with E-state index in [2.05, 4.69) is 5.32 Å². The van der Waals surface area contributed by atoms with Gasteiger partial charge in [-0.1, -0.05) is 65.7 Å². The molecule has 0 aromatic heterocycles. The van der Waals surface area contributed by atoms with Gasteiger partial charge < -0.3 is 5.32 Å². The Balaban J connectivity index is 1.80. The highest BCUT2D eigenvalue weighted by molar-refractivity contribution is 7.92. The number of nitrogens with one attached hydrogen (secondary N) is 1. The van der Waals surface area contributed by atoms with Gasteiger partial charge >= 0.3 is 0 Å². The van der Waals surface area contributed by atoms with Crippen molar-refractivity contribution in [3.05, 3.63) is 99.5 Å². The van der Waals surface area contributed by atoms with Gasteiger partial charge in [0.1, 0.15) is 0 Å². The van der Waals surface area contributed by atoms with E-state index in [0.717, 1.165) is 11.8 Å². The van der Waals surface area contributed by atoms with Crippen molar-refractivity contribution < 1.29 is 13.2 Å². The lowest BCUT2D eigenvalue weighted by Crippen LogP contribution is -2.30. The van der Waals surface area contributed by atoms with E-state index >= 15 is 0 Å². The van der Waals surface area contributed by atoms with Crippen molar-refractivity contribution in [2.24, 2.45) is 0 Å². The minimum atomic E-state index is -3.60. The molecule has 1 amide bonds. The molecule has 0 fully saturated rings.